The van der Waals surface area contributed by atoms with Gasteiger partial charge in [-0.2, -0.15) is 0 Å². The molecule has 4 rings (SSSR count). The number of halogens is 1. The summed E-state index contributed by atoms with van der Waals surface area (Å²) in [6.45, 7) is 10.2. The van der Waals surface area contributed by atoms with Gasteiger partial charge in [0.2, 0.25) is 5.91 Å². The zero-order valence-electron chi connectivity index (χ0n) is 24.4. The Balaban J connectivity index is 1.31. The van der Waals surface area contributed by atoms with Gasteiger partial charge in [0.1, 0.15) is 12.1 Å². The number of benzene rings is 2. The highest BCUT2D eigenvalue weighted by molar-refractivity contribution is 7.92. The van der Waals surface area contributed by atoms with E-state index in [2.05, 4.69) is 20.2 Å². The van der Waals surface area contributed by atoms with Crippen LogP contribution in [0, 0.1) is 26.7 Å². The number of aryl methyl sites for hydroxylation is 4. The third-order valence-electron chi connectivity index (χ3n) is 7.85. The van der Waals surface area contributed by atoms with E-state index in [0.29, 0.717) is 47.1 Å². The number of hydrogen-bond acceptors (Lipinski definition) is 6. The Morgan fingerprint density at radius 2 is 1.83 bits per heavy atom. The second kappa shape index (κ2) is 13.7. The number of para-hydroxylation sites is 1. The smallest absolute Gasteiger partial charge is 0.264 e. The molecule has 1 fully saturated rings. The predicted molar refractivity (Wildman–Crippen MR) is 165 cm³/mol. The molecule has 41 heavy (non-hydrogen) atoms. The van der Waals surface area contributed by atoms with Crippen LogP contribution in [0.5, 0.6) is 0 Å². The van der Waals surface area contributed by atoms with Crippen LogP contribution in [0.25, 0.3) is 0 Å². The number of nitrogens with one attached hydrogen (secondary N) is 1. The predicted octanol–water partition coefficient (Wildman–Crippen LogP) is 5.63. The number of aromatic nitrogens is 2. The molecule has 220 valence electrons. The maximum absolute atomic E-state index is 13.7. The molecule has 1 saturated heterocycles. The molecule has 0 unspecified atom stereocenters. The molecule has 8 nitrogen and oxygen atoms in total. The summed E-state index contributed by atoms with van der Waals surface area (Å²) >= 11 is 6.22. The van der Waals surface area contributed by atoms with E-state index in [9.17, 15) is 13.2 Å². The maximum Gasteiger partial charge on any atom is 0.264 e. The second-order valence-electron chi connectivity index (χ2n) is 10.8. The zero-order chi connectivity index (χ0) is 29.6. The molecule has 0 aliphatic carbocycles. The molecule has 1 N–H and O–H groups in total. The van der Waals surface area contributed by atoms with Crippen LogP contribution >= 0.6 is 11.6 Å². The number of sulfonamides is 1. The third kappa shape index (κ3) is 7.38. The number of piperidine rings is 1. The number of carbonyl (C=O) groups excluding carboxylic acids is 1. The average Bonchev–Trinajstić information content (AvgIpc) is 2.95. The monoisotopic (exact) mass is 597 g/mol. The van der Waals surface area contributed by atoms with Crippen LogP contribution in [0.15, 0.2) is 53.8 Å². The van der Waals surface area contributed by atoms with Crippen molar-refractivity contribution in [1.29, 1.82) is 0 Å². The molecule has 2 heterocycles. The van der Waals surface area contributed by atoms with Crippen molar-refractivity contribution in [2.24, 2.45) is 5.92 Å². The molecule has 0 atom stereocenters. The molecule has 2 aromatic carbocycles. The van der Waals surface area contributed by atoms with E-state index < -0.39 is 10.0 Å². The lowest BCUT2D eigenvalue weighted by Crippen LogP contribution is -2.36. The molecule has 0 saturated carbocycles. The topological polar surface area (TPSA) is 95.5 Å². The number of nitrogens with zero attached hydrogens (tertiary/aromatic N) is 4. The number of anilines is 2. The molecule has 1 aromatic heterocycles. The molecule has 1 amide bonds. The lowest BCUT2D eigenvalue weighted by molar-refractivity contribution is -0.121. The lowest BCUT2D eigenvalue weighted by atomic mass is 9.93. The minimum Gasteiger partial charge on any atom is -0.356 e. The van der Waals surface area contributed by atoms with Crippen LogP contribution in [-0.2, 0) is 21.2 Å². The fourth-order valence-corrected chi connectivity index (χ4v) is 7.52. The Bertz CT molecular complexity index is 1470. The van der Waals surface area contributed by atoms with E-state index in [4.69, 9.17) is 11.6 Å². The Labute approximate surface area is 249 Å². The number of hydrogen-bond donors (Lipinski definition) is 1. The molecule has 10 heteroatoms. The molecule has 0 spiro atoms. The first-order valence-electron chi connectivity index (χ1n) is 14.3. The molecule has 0 radical (unpaired) electrons. The fraction of sp³-hybridized carbons (Fsp3) is 0.452. The van der Waals surface area contributed by atoms with Crippen molar-refractivity contribution in [3.63, 3.8) is 0 Å². The first-order valence-corrected chi connectivity index (χ1v) is 16.1. The Morgan fingerprint density at radius 3 is 2.54 bits per heavy atom. The van der Waals surface area contributed by atoms with Crippen LogP contribution < -0.4 is 14.5 Å². The van der Waals surface area contributed by atoms with E-state index in [1.165, 1.54) is 4.31 Å². The molecule has 1 aliphatic heterocycles. The van der Waals surface area contributed by atoms with Crippen molar-refractivity contribution in [3.05, 3.63) is 76.2 Å². The summed E-state index contributed by atoms with van der Waals surface area (Å²) in [5, 5.41) is 3.61. The highest BCUT2D eigenvalue weighted by atomic mass is 35.5. The van der Waals surface area contributed by atoms with Gasteiger partial charge in [0, 0.05) is 49.4 Å². The van der Waals surface area contributed by atoms with Gasteiger partial charge in [-0.15, -0.1) is 0 Å². The SMILES string of the molecule is CCN(c1ccccc1CCC(=O)NCCC1CCN(c2ncncc2C)CC1)S(=O)(=O)c1cc(C)c(Cl)cc1C. The first kappa shape index (κ1) is 30.8. The zero-order valence-corrected chi connectivity index (χ0v) is 25.9. The van der Waals surface area contributed by atoms with Crippen molar-refractivity contribution in [2.75, 3.05) is 35.4 Å². The average molecular weight is 598 g/mol. The van der Waals surface area contributed by atoms with Gasteiger partial charge in [-0.05, 0) is 94.2 Å². The van der Waals surface area contributed by atoms with Gasteiger partial charge < -0.3 is 10.2 Å². The number of carbonyl (C=O) groups is 1. The molecule has 0 bridgehead atoms. The first-order chi connectivity index (χ1) is 19.6. The van der Waals surface area contributed by atoms with Crippen LogP contribution in [-0.4, -0.2) is 50.5 Å². The van der Waals surface area contributed by atoms with E-state index >= 15 is 0 Å². The summed E-state index contributed by atoms with van der Waals surface area (Å²) in [6.07, 6.45) is 7.27. The second-order valence-corrected chi connectivity index (χ2v) is 13.0. The summed E-state index contributed by atoms with van der Waals surface area (Å²) in [4.78, 5) is 23.8. The quantitative estimate of drug-likeness (QED) is 0.308. The van der Waals surface area contributed by atoms with E-state index in [-0.39, 0.29) is 17.3 Å². The van der Waals surface area contributed by atoms with Crippen LogP contribution in [0.1, 0.15) is 54.9 Å². The largest absolute Gasteiger partial charge is 0.356 e. The van der Waals surface area contributed by atoms with E-state index in [1.54, 1.807) is 32.3 Å². The standard InChI is InChI=1S/C31H40ClN5O3S/c1-5-37(41(39,40)29-19-22(2)27(32)18-23(29)3)28-9-7-6-8-26(28)10-11-30(38)34-15-12-25-13-16-36(17-14-25)31-24(4)20-33-21-35-31/h6-9,18-21,25H,5,10-17H2,1-4H3,(H,34,38). The highest BCUT2D eigenvalue weighted by Gasteiger charge is 2.28. The number of rotatable bonds is 11. The maximum atomic E-state index is 13.7. The van der Waals surface area contributed by atoms with Gasteiger partial charge in [0.25, 0.3) is 10.0 Å². The van der Waals surface area contributed by atoms with Crippen molar-refractivity contribution in [1.82, 2.24) is 15.3 Å². The molecular formula is C31H40ClN5O3S. The van der Waals surface area contributed by atoms with Crippen molar-refractivity contribution in [3.8, 4) is 0 Å². The van der Waals surface area contributed by atoms with E-state index in [0.717, 1.165) is 49.3 Å². The third-order valence-corrected chi connectivity index (χ3v) is 10.3. The van der Waals surface area contributed by atoms with Crippen LogP contribution in [0.4, 0.5) is 11.5 Å². The van der Waals surface area contributed by atoms with Crippen molar-refractivity contribution in [2.45, 2.75) is 64.7 Å². The van der Waals surface area contributed by atoms with Gasteiger partial charge in [0.15, 0.2) is 0 Å². The summed E-state index contributed by atoms with van der Waals surface area (Å²) < 4.78 is 28.9. The summed E-state index contributed by atoms with van der Waals surface area (Å²) in [7, 11) is -3.82. The van der Waals surface area contributed by atoms with E-state index in [1.807, 2.05) is 44.3 Å². The molecular weight excluding hydrogens is 558 g/mol. The summed E-state index contributed by atoms with van der Waals surface area (Å²) in [6, 6.07) is 10.7. The molecule has 1 aliphatic rings. The minimum absolute atomic E-state index is 0.0241. The summed E-state index contributed by atoms with van der Waals surface area (Å²) in [5.74, 6) is 1.56. The fourth-order valence-electron chi connectivity index (χ4n) is 5.50. The van der Waals surface area contributed by atoms with Crippen molar-refractivity contribution >= 4 is 39.0 Å². The van der Waals surface area contributed by atoms with Gasteiger partial charge in [-0.25, -0.2) is 18.4 Å². The Hall–Kier alpha value is -3.17. The van der Waals surface area contributed by atoms with Gasteiger partial charge >= 0.3 is 0 Å². The Morgan fingerprint density at radius 1 is 1.10 bits per heavy atom. The van der Waals surface area contributed by atoms with Crippen LogP contribution in [0.3, 0.4) is 0 Å². The summed E-state index contributed by atoms with van der Waals surface area (Å²) in [5.41, 5.74) is 3.83. The Kier molecular flexibility index (Phi) is 10.3. The van der Waals surface area contributed by atoms with Gasteiger partial charge in [0.05, 0.1) is 10.6 Å². The van der Waals surface area contributed by atoms with Crippen LogP contribution in [0.2, 0.25) is 5.02 Å². The normalized spacial score (nSPS) is 14.2. The minimum atomic E-state index is -3.82. The molecule has 3 aromatic rings. The van der Waals surface area contributed by atoms with Gasteiger partial charge in [-0.1, -0.05) is 29.8 Å². The van der Waals surface area contributed by atoms with Gasteiger partial charge in [-0.3, -0.25) is 9.10 Å². The highest BCUT2D eigenvalue weighted by Crippen LogP contribution is 2.31. The lowest BCUT2D eigenvalue weighted by Gasteiger charge is -2.33. The number of amides is 1. The van der Waals surface area contributed by atoms with Crippen molar-refractivity contribution < 1.29 is 13.2 Å².